The van der Waals surface area contributed by atoms with E-state index in [1.807, 2.05) is 18.7 Å². The second-order valence-corrected chi connectivity index (χ2v) is 6.84. The van der Waals surface area contributed by atoms with Crippen molar-refractivity contribution in [1.82, 2.24) is 19.3 Å². The number of carbonyl (C=O) groups excluding carboxylic acids is 2. The summed E-state index contributed by atoms with van der Waals surface area (Å²) in [5, 5.41) is 0. The Balaban J connectivity index is 1.82. The minimum absolute atomic E-state index is 0.177. The molecular formula is C18H25N5O2. The highest BCUT2D eigenvalue weighted by molar-refractivity contribution is 5.96. The van der Waals surface area contributed by atoms with Crippen molar-refractivity contribution in [3.05, 3.63) is 29.0 Å². The van der Waals surface area contributed by atoms with Gasteiger partial charge in [0.2, 0.25) is 5.91 Å². The molecule has 7 nitrogen and oxygen atoms in total. The van der Waals surface area contributed by atoms with E-state index >= 15 is 0 Å². The third-order valence-corrected chi connectivity index (χ3v) is 5.20. The molecule has 3 rings (SSSR count). The van der Waals surface area contributed by atoms with E-state index in [0.717, 1.165) is 36.3 Å². The van der Waals surface area contributed by atoms with Crippen molar-refractivity contribution >= 4 is 17.5 Å². The summed E-state index contributed by atoms with van der Waals surface area (Å²) in [6.07, 6.45) is 6.04. The molecule has 1 aliphatic heterocycles. The van der Waals surface area contributed by atoms with Crippen molar-refractivity contribution in [2.75, 3.05) is 6.54 Å². The Hall–Kier alpha value is -2.44. The topological polar surface area (TPSA) is 93.6 Å². The highest BCUT2D eigenvalue weighted by atomic mass is 16.2. The summed E-state index contributed by atoms with van der Waals surface area (Å²) in [5.74, 6) is -0.384. The number of nitrogens with two attached hydrogens (primary N) is 1. The zero-order chi connectivity index (χ0) is 18.1. The molecule has 0 aliphatic carbocycles. The number of imidazole rings is 1. The lowest BCUT2D eigenvalue weighted by molar-refractivity contribution is -0.134. The molecule has 2 N–H and O–H groups in total. The molecule has 1 fully saturated rings. The van der Waals surface area contributed by atoms with Gasteiger partial charge in [-0.2, -0.15) is 0 Å². The Morgan fingerprint density at radius 2 is 2.08 bits per heavy atom. The maximum Gasteiger partial charge on any atom is 0.271 e. The zero-order valence-corrected chi connectivity index (χ0v) is 15.1. The average molecular weight is 343 g/mol. The molecule has 0 radical (unpaired) electrons. The fourth-order valence-electron chi connectivity index (χ4n) is 3.71. The SMILES string of the molecule is Cc1nc2c(C(N)=O)ncn2c(C)c1CCC(=O)N1CCCC[C@@H]1C. The minimum atomic E-state index is -0.587. The summed E-state index contributed by atoms with van der Waals surface area (Å²) >= 11 is 0. The van der Waals surface area contributed by atoms with Crippen LogP contribution in [0.1, 0.15) is 60.0 Å². The minimum Gasteiger partial charge on any atom is -0.364 e. The monoisotopic (exact) mass is 343 g/mol. The number of hydrogen-bond acceptors (Lipinski definition) is 4. The van der Waals surface area contributed by atoms with Crippen LogP contribution >= 0.6 is 0 Å². The Labute approximate surface area is 147 Å². The van der Waals surface area contributed by atoms with Crippen molar-refractivity contribution < 1.29 is 9.59 Å². The number of carbonyl (C=O) groups is 2. The van der Waals surface area contributed by atoms with E-state index in [-0.39, 0.29) is 11.6 Å². The van der Waals surface area contributed by atoms with Crippen molar-refractivity contribution in [2.24, 2.45) is 5.73 Å². The number of fused-ring (bicyclic) bond motifs is 1. The first-order valence-electron chi connectivity index (χ1n) is 8.82. The Bertz CT molecular complexity index is 826. The van der Waals surface area contributed by atoms with E-state index in [2.05, 4.69) is 16.9 Å². The third kappa shape index (κ3) is 3.23. The molecule has 1 saturated heterocycles. The lowest BCUT2D eigenvalue weighted by Crippen LogP contribution is -2.42. The first-order valence-corrected chi connectivity index (χ1v) is 8.82. The van der Waals surface area contributed by atoms with Gasteiger partial charge in [0, 0.05) is 30.4 Å². The number of rotatable bonds is 4. The molecule has 0 aromatic carbocycles. The van der Waals surface area contributed by atoms with Gasteiger partial charge in [-0.1, -0.05) is 0 Å². The Morgan fingerprint density at radius 1 is 1.32 bits per heavy atom. The lowest BCUT2D eigenvalue weighted by Gasteiger charge is -2.33. The molecule has 3 heterocycles. The van der Waals surface area contributed by atoms with Gasteiger partial charge in [0.1, 0.15) is 6.33 Å². The van der Waals surface area contributed by atoms with Crippen LogP contribution in [0.2, 0.25) is 0 Å². The van der Waals surface area contributed by atoms with Crippen LogP contribution in [0.3, 0.4) is 0 Å². The average Bonchev–Trinajstić information content (AvgIpc) is 2.99. The number of aromatic nitrogens is 3. The van der Waals surface area contributed by atoms with Crippen molar-refractivity contribution in [3.8, 4) is 0 Å². The summed E-state index contributed by atoms with van der Waals surface area (Å²) in [6, 6.07) is 0.329. The predicted octanol–water partition coefficient (Wildman–Crippen LogP) is 1.78. The van der Waals surface area contributed by atoms with Gasteiger partial charge < -0.3 is 10.6 Å². The summed E-state index contributed by atoms with van der Waals surface area (Å²) in [5.41, 5.74) is 8.79. The van der Waals surface area contributed by atoms with Crippen molar-refractivity contribution in [2.45, 2.75) is 58.9 Å². The van der Waals surface area contributed by atoms with Gasteiger partial charge in [0.15, 0.2) is 11.3 Å². The lowest BCUT2D eigenvalue weighted by atomic mass is 10.0. The van der Waals surface area contributed by atoms with Crippen LogP contribution in [0.5, 0.6) is 0 Å². The maximum absolute atomic E-state index is 12.6. The molecule has 2 aromatic rings. The molecule has 7 heteroatoms. The molecule has 1 atom stereocenters. The number of primary amides is 1. The van der Waals surface area contributed by atoms with Gasteiger partial charge in [-0.15, -0.1) is 0 Å². The molecule has 0 bridgehead atoms. The summed E-state index contributed by atoms with van der Waals surface area (Å²) in [4.78, 5) is 34.6. The summed E-state index contributed by atoms with van der Waals surface area (Å²) in [7, 11) is 0. The first-order chi connectivity index (χ1) is 11.9. The molecule has 0 saturated carbocycles. The number of amides is 2. The Kier molecular flexibility index (Phi) is 4.74. The highest BCUT2D eigenvalue weighted by Gasteiger charge is 2.23. The number of aryl methyl sites for hydroxylation is 2. The maximum atomic E-state index is 12.6. The van der Waals surface area contributed by atoms with Gasteiger partial charge in [0.25, 0.3) is 5.91 Å². The molecule has 0 unspecified atom stereocenters. The van der Waals surface area contributed by atoms with Crippen LogP contribution in [0.4, 0.5) is 0 Å². The number of likely N-dealkylation sites (tertiary alicyclic amines) is 1. The predicted molar refractivity (Wildman–Crippen MR) is 94.3 cm³/mol. The zero-order valence-electron chi connectivity index (χ0n) is 15.1. The first kappa shape index (κ1) is 17.4. The van der Waals surface area contributed by atoms with Crippen molar-refractivity contribution in [3.63, 3.8) is 0 Å². The number of hydrogen-bond donors (Lipinski definition) is 1. The summed E-state index contributed by atoms with van der Waals surface area (Å²) in [6.45, 7) is 6.84. The van der Waals surface area contributed by atoms with E-state index in [1.54, 1.807) is 10.7 Å². The fourth-order valence-corrected chi connectivity index (χ4v) is 3.71. The Morgan fingerprint density at radius 3 is 2.76 bits per heavy atom. The van der Waals surface area contributed by atoms with Crippen LogP contribution in [0.25, 0.3) is 5.65 Å². The van der Waals surface area contributed by atoms with E-state index < -0.39 is 5.91 Å². The van der Waals surface area contributed by atoms with Gasteiger partial charge >= 0.3 is 0 Å². The molecule has 0 spiro atoms. The highest BCUT2D eigenvalue weighted by Crippen LogP contribution is 2.21. The number of piperidine rings is 1. The summed E-state index contributed by atoms with van der Waals surface area (Å²) < 4.78 is 1.77. The van der Waals surface area contributed by atoms with E-state index in [9.17, 15) is 9.59 Å². The van der Waals surface area contributed by atoms with Crippen molar-refractivity contribution in [1.29, 1.82) is 0 Å². The molecule has 2 aromatic heterocycles. The standard InChI is InChI=1S/C18H25N5O2/c1-11-6-4-5-9-22(11)15(24)8-7-14-12(2)21-18-16(17(19)25)20-10-23(18)13(14)3/h10-11H,4-9H2,1-3H3,(H2,19,25)/t11-/m0/s1. The fraction of sp³-hybridized carbons (Fsp3) is 0.556. The van der Waals surface area contributed by atoms with Crippen LogP contribution < -0.4 is 5.73 Å². The van der Waals surface area contributed by atoms with E-state index in [4.69, 9.17) is 5.73 Å². The molecule has 25 heavy (non-hydrogen) atoms. The van der Waals surface area contributed by atoms with Gasteiger partial charge in [-0.3, -0.25) is 14.0 Å². The second kappa shape index (κ2) is 6.82. The van der Waals surface area contributed by atoms with Crippen LogP contribution in [0.15, 0.2) is 6.33 Å². The smallest absolute Gasteiger partial charge is 0.271 e. The second-order valence-electron chi connectivity index (χ2n) is 6.84. The molecule has 134 valence electrons. The normalized spacial score (nSPS) is 17.9. The van der Waals surface area contributed by atoms with Gasteiger partial charge in [-0.25, -0.2) is 9.97 Å². The van der Waals surface area contributed by atoms with Crippen LogP contribution in [0, 0.1) is 13.8 Å². The van der Waals surface area contributed by atoms with Gasteiger partial charge in [-0.05, 0) is 52.0 Å². The quantitative estimate of drug-likeness (QED) is 0.915. The molecule has 1 aliphatic rings. The van der Waals surface area contributed by atoms with Gasteiger partial charge in [0.05, 0.1) is 0 Å². The molecule has 2 amide bonds. The van der Waals surface area contributed by atoms with Crippen LogP contribution in [-0.2, 0) is 11.2 Å². The third-order valence-electron chi connectivity index (χ3n) is 5.20. The molecular weight excluding hydrogens is 318 g/mol. The van der Waals surface area contributed by atoms with E-state index in [1.165, 1.54) is 6.42 Å². The van der Waals surface area contributed by atoms with E-state index in [0.29, 0.717) is 24.5 Å². The van der Waals surface area contributed by atoms with Crippen LogP contribution in [-0.4, -0.2) is 43.7 Å². The largest absolute Gasteiger partial charge is 0.364 e. The number of nitrogens with zero attached hydrogens (tertiary/aromatic N) is 4.